The summed E-state index contributed by atoms with van der Waals surface area (Å²) < 4.78 is 1.86. The Labute approximate surface area is 659 Å². The monoisotopic (exact) mass is 1510 g/mol. The first kappa shape index (κ1) is 79.9. The molecule has 0 aliphatic carbocycles. The van der Waals surface area contributed by atoms with Crippen LogP contribution in [0.1, 0.15) is 96.0 Å². The van der Waals surface area contributed by atoms with Gasteiger partial charge in [0.25, 0.3) is 17.7 Å². The van der Waals surface area contributed by atoms with Crippen molar-refractivity contribution in [3.63, 3.8) is 0 Å². The van der Waals surface area contributed by atoms with Crippen molar-refractivity contribution < 1.29 is 28.8 Å². The number of hydrogen-bond acceptors (Lipinski definition) is 19. The molecule has 13 aromatic rings. The van der Waals surface area contributed by atoms with Crippen molar-refractivity contribution in [3.8, 4) is 39.5 Å². The molecule has 0 bridgehead atoms. The number of benzene rings is 6. The number of rotatable bonds is 26. The highest BCUT2D eigenvalue weighted by Crippen LogP contribution is 2.29. The van der Waals surface area contributed by atoms with Crippen LogP contribution in [0.25, 0.3) is 39.5 Å². The van der Waals surface area contributed by atoms with Crippen molar-refractivity contribution in [2.24, 2.45) is 0 Å². The first-order valence-corrected chi connectivity index (χ1v) is 36.3. The number of nitrogens with zero attached hydrogens (tertiary/aromatic N) is 11. The Balaban J connectivity index is 0.000000169. The maximum atomic E-state index is 13.3. The summed E-state index contributed by atoms with van der Waals surface area (Å²) in [5.41, 5.74) is 19.8. The fourth-order valence-electron chi connectivity index (χ4n) is 11.5. The molecule has 25 nitrogen and oxygen atoms in total. The molecule has 0 aliphatic rings. The number of carbonyl (C=O) groups is 6. The second-order valence-corrected chi connectivity index (χ2v) is 26.5. The molecule has 13 rings (SSSR count). The molecule has 0 spiro atoms. The van der Waals surface area contributed by atoms with Crippen molar-refractivity contribution in [1.29, 1.82) is 0 Å². The Kier molecular flexibility index (Phi) is 27.2. The Morgan fingerprint density at radius 2 is 0.851 bits per heavy atom. The minimum atomic E-state index is -0.279. The Bertz CT molecular complexity index is 5680. The maximum absolute atomic E-state index is 13.3. The smallest absolute Gasteiger partial charge is 0.255 e. The molecule has 0 saturated carbocycles. The minimum absolute atomic E-state index is 0.125. The molecular weight excluding hydrogens is 1430 g/mol. The minimum Gasteiger partial charge on any atom is -0.348 e. The van der Waals surface area contributed by atoms with Gasteiger partial charge in [-0.1, -0.05) is 61.2 Å². The van der Waals surface area contributed by atoms with Crippen LogP contribution >= 0.6 is 0 Å². The lowest BCUT2D eigenvalue weighted by Crippen LogP contribution is -2.21. The van der Waals surface area contributed by atoms with Crippen LogP contribution in [0.5, 0.6) is 0 Å². The third-order valence-corrected chi connectivity index (χ3v) is 17.6. The number of ketones is 1. The van der Waals surface area contributed by atoms with E-state index in [9.17, 15) is 28.8 Å². The number of nitrogens with one attached hydrogen (secondary N) is 8. The summed E-state index contributed by atoms with van der Waals surface area (Å²) in [5, 5.41) is 24.0. The van der Waals surface area contributed by atoms with E-state index in [1.807, 2.05) is 174 Å². The average Bonchev–Trinajstić information content (AvgIpc) is 1.78. The molecule has 0 fully saturated rings. The normalized spacial score (nSPS) is 10.5. The van der Waals surface area contributed by atoms with Crippen LogP contribution in [0.15, 0.2) is 275 Å². The summed E-state index contributed by atoms with van der Waals surface area (Å²) in [6, 6.07) is 51.6. The van der Waals surface area contributed by atoms with Gasteiger partial charge in [0.05, 0.1) is 34.8 Å². The molecule has 114 heavy (non-hydrogen) atoms. The van der Waals surface area contributed by atoms with Crippen LogP contribution in [-0.4, -0.2) is 89.7 Å². The van der Waals surface area contributed by atoms with Gasteiger partial charge in [0.2, 0.25) is 29.7 Å². The van der Waals surface area contributed by atoms with E-state index in [1.54, 1.807) is 123 Å². The lowest BCUT2D eigenvalue weighted by molar-refractivity contribution is -0.117. The zero-order chi connectivity index (χ0) is 80.5. The Morgan fingerprint density at radius 3 is 1.25 bits per heavy atom. The molecule has 7 heterocycles. The first-order valence-electron chi connectivity index (χ1n) is 36.3. The van der Waals surface area contributed by atoms with Gasteiger partial charge < -0.3 is 47.1 Å². The lowest BCUT2D eigenvalue weighted by atomic mass is 10.0. The average molecular weight is 1510 g/mol. The number of imidazole rings is 1. The van der Waals surface area contributed by atoms with Gasteiger partial charge in [0.1, 0.15) is 0 Å². The van der Waals surface area contributed by atoms with Gasteiger partial charge >= 0.3 is 0 Å². The number of hydrogen-bond donors (Lipinski definition) is 8. The van der Waals surface area contributed by atoms with Crippen LogP contribution in [0.2, 0.25) is 0 Å². The summed E-state index contributed by atoms with van der Waals surface area (Å²) in [7, 11) is 0. The second-order valence-electron chi connectivity index (χ2n) is 26.5. The molecule has 0 unspecified atom stereocenters. The number of pyridine rings is 3. The number of amides is 5. The van der Waals surface area contributed by atoms with Gasteiger partial charge in [-0.15, -0.1) is 0 Å². The van der Waals surface area contributed by atoms with Gasteiger partial charge in [0.15, 0.2) is 5.78 Å². The summed E-state index contributed by atoms with van der Waals surface area (Å²) in [4.78, 5) is 118. The summed E-state index contributed by atoms with van der Waals surface area (Å²) in [6.07, 6.45) is 24.2. The highest BCUT2D eigenvalue weighted by Gasteiger charge is 2.18. The molecule has 0 aliphatic heterocycles. The summed E-state index contributed by atoms with van der Waals surface area (Å²) >= 11 is 0. The fraction of sp³-hybridized carbons (Fsp3) is 0.124. The van der Waals surface area contributed by atoms with Crippen molar-refractivity contribution in [2.75, 3.05) is 31.9 Å². The van der Waals surface area contributed by atoms with Gasteiger partial charge in [-0.05, 0) is 239 Å². The largest absolute Gasteiger partial charge is 0.348 e. The van der Waals surface area contributed by atoms with Crippen molar-refractivity contribution in [3.05, 3.63) is 336 Å². The quantitative estimate of drug-likeness (QED) is 0.0234. The molecule has 0 atom stereocenters. The highest BCUT2D eigenvalue weighted by molar-refractivity contribution is 6.07. The SMILES string of the molecule is C=CC(=O)NCc1ccc(NC(=O)c2ccc(C)c(Nc3nccc(-c4cccnc4)n3)c2)cc1.C=CC(=O)NCc1ccc(NC(=O)c2ccc(C)c(Nc3nccc(-c4cccnc4)n3)c2)cc1-n1cnc(C)c1.CC(C)=CC(=O)CCc1ccc(NC(=O)c2ccc(C)c(Nc3nccc(-c4cccnc4)n3)c2)cc1C. The standard InChI is InChI=1S/C31H28N8O2.C31H31N5O2.C27H24N6O2/c1-4-29(40)34-17-24-9-10-25(15-28(24)39-18-21(3)35-19-39)36-30(41)22-8-7-20(2)27(14-22)38-31-33-13-11-26(37-31)23-6-5-12-32-16-23;1-20(2)16-27(37)12-10-23-9-11-26(17-22(23)4)34-30(38)24-8-7-21(3)29(18-24)36-31-33-15-13-28(35-31)25-6-5-14-32-19-25;1-3-25(34)30-16-19-7-10-22(11-8-19)31-26(35)20-9-6-18(2)24(15-20)33-27-29-14-12-23(32-27)21-5-4-13-28-17-21/h4-16,18-19H,1,17H2,2-3H3,(H,34,40)(H,36,41)(H,33,37,38);5-9,11,13-19H,10,12H2,1-4H3,(H,34,38)(H,33,35,36);3-15,17H,1,16H2,2H3,(H,30,34)(H,31,35)(H,29,32,33). The molecule has 25 heteroatoms. The predicted octanol–water partition coefficient (Wildman–Crippen LogP) is 16.4. The highest BCUT2D eigenvalue weighted by atomic mass is 16.2. The van der Waals surface area contributed by atoms with Gasteiger partial charge in [-0.3, -0.25) is 43.7 Å². The Hall–Kier alpha value is -15.1. The second kappa shape index (κ2) is 38.8. The summed E-state index contributed by atoms with van der Waals surface area (Å²) in [6.45, 7) is 21.2. The lowest BCUT2D eigenvalue weighted by Gasteiger charge is -2.15. The predicted molar refractivity (Wildman–Crippen MR) is 446 cm³/mol. The maximum Gasteiger partial charge on any atom is 0.255 e. The van der Waals surface area contributed by atoms with E-state index in [0.717, 1.165) is 101 Å². The number of anilines is 9. The molecule has 570 valence electrons. The molecular formula is C89H83N19O6. The van der Waals surface area contributed by atoms with Crippen molar-refractivity contribution in [1.82, 2.24) is 65.0 Å². The summed E-state index contributed by atoms with van der Waals surface area (Å²) in [5.74, 6) is 0.139. The van der Waals surface area contributed by atoms with Crippen molar-refractivity contribution in [2.45, 2.75) is 74.4 Å². The molecule has 5 amide bonds. The van der Waals surface area contributed by atoms with Gasteiger partial charge in [-0.2, -0.15) is 0 Å². The number of aryl methyl sites for hydroxylation is 6. The third kappa shape index (κ3) is 22.7. The van der Waals surface area contributed by atoms with Crippen LogP contribution in [0.3, 0.4) is 0 Å². The fourth-order valence-corrected chi connectivity index (χ4v) is 11.5. The van der Waals surface area contributed by atoms with Gasteiger partial charge in [0, 0.05) is 149 Å². The Morgan fingerprint density at radius 1 is 0.430 bits per heavy atom. The number of carbonyl (C=O) groups excluding carboxylic acids is 6. The number of aromatic nitrogens is 11. The molecule has 8 N–H and O–H groups in total. The van der Waals surface area contributed by atoms with Crippen LogP contribution in [0.4, 0.5) is 52.0 Å². The van der Waals surface area contributed by atoms with E-state index >= 15 is 0 Å². The van der Waals surface area contributed by atoms with E-state index in [1.165, 1.54) is 12.2 Å². The van der Waals surface area contributed by atoms with E-state index in [2.05, 4.69) is 106 Å². The van der Waals surface area contributed by atoms with Gasteiger partial charge in [-0.25, -0.2) is 34.9 Å². The third-order valence-electron chi connectivity index (χ3n) is 17.6. The molecule has 0 saturated heterocycles. The van der Waals surface area contributed by atoms with E-state index in [-0.39, 0.29) is 35.3 Å². The van der Waals surface area contributed by atoms with Crippen LogP contribution in [0, 0.1) is 34.6 Å². The zero-order valence-electron chi connectivity index (χ0n) is 63.9. The molecule has 6 aromatic carbocycles. The van der Waals surface area contributed by atoms with Crippen LogP contribution in [-0.2, 0) is 33.9 Å². The van der Waals surface area contributed by atoms with E-state index in [4.69, 9.17) is 0 Å². The van der Waals surface area contributed by atoms with Crippen molar-refractivity contribution >= 4 is 87.3 Å². The molecule has 7 aromatic heterocycles. The molecule has 0 radical (unpaired) electrons. The van der Waals surface area contributed by atoms with Crippen LogP contribution < -0.4 is 42.5 Å². The number of allylic oxidation sites excluding steroid dienone is 2. The van der Waals surface area contributed by atoms with E-state index < -0.39 is 0 Å². The van der Waals surface area contributed by atoms with E-state index in [0.29, 0.717) is 83.2 Å². The zero-order valence-corrected chi connectivity index (χ0v) is 63.9. The topological polar surface area (TPSA) is 332 Å². The first-order chi connectivity index (χ1) is 55.2.